The van der Waals surface area contributed by atoms with Crippen LogP contribution < -0.4 is 10.1 Å². The van der Waals surface area contributed by atoms with Gasteiger partial charge in [-0.25, -0.2) is 4.39 Å². The van der Waals surface area contributed by atoms with E-state index in [1.54, 1.807) is 12.1 Å². The van der Waals surface area contributed by atoms with Crippen molar-refractivity contribution in [1.29, 1.82) is 0 Å². The van der Waals surface area contributed by atoms with Crippen molar-refractivity contribution in [1.82, 2.24) is 0 Å². The lowest BCUT2D eigenvalue weighted by atomic mass is 10.2. The number of hydrogen-bond acceptors (Lipinski definition) is 2. The zero-order valence-corrected chi connectivity index (χ0v) is 11.0. The van der Waals surface area contributed by atoms with Gasteiger partial charge in [0, 0.05) is 12.2 Å². The molecule has 2 aromatic carbocycles. The van der Waals surface area contributed by atoms with E-state index in [0.717, 1.165) is 12.1 Å². The van der Waals surface area contributed by atoms with Gasteiger partial charge in [0.25, 0.3) is 0 Å². The van der Waals surface area contributed by atoms with Crippen molar-refractivity contribution in [2.75, 3.05) is 18.5 Å². The van der Waals surface area contributed by atoms with Crippen LogP contribution in [0.1, 0.15) is 5.56 Å². The molecule has 0 saturated heterocycles. The maximum Gasteiger partial charge on any atom is 0.416 e. The Bertz CT molecular complexity index is 581. The molecule has 0 unspecified atom stereocenters. The smallest absolute Gasteiger partial charge is 0.416 e. The predicted molar refractivity (Wildman–Crippen MR) is 71.8 cm³/mol. The Morgan fingerprint density at radius 3 is 2.38 bits per heavy atom. The van der Waals surface area contributed by atoms with Crippen molar-refractivity contribution in [3.8, 4) is 5.75 Å². The van der Waals surface area contributed by atoms with Gasteiger partial charge in [0.05, 0.1) is 5.56 Å². The summed E-state index contributed by atoms with van der Waals surface area (Å²) in [6, 6.07) is 10.5. The van der Waals surface area contributed by atoms with Crippen LogP contribution in [0.25, 0.3) is 0 Å². The number of halogens is 4. The molecule has 0 bridgehead atoms. The van der Waals surface area contributed by atoms with Gasteiger partial charge < -0.3 is 10.1 Å². The molecule has 0 fully saturated rings. The Morgan fingerprint density at radius 1 is 1.00 bits per heavy atom. The highest BCUT2D eigenvalue weighted by Gasteiger charge is 2.30. The molecule has 2 nitrogen and oxygen atoms in total. The minimum atomic E-state index is -4.38. The van der Waals surface area contributed by atoms with E-state index < -0.39 is 11.7 Å². The molecule has 0 aromatic heterocycles. The molecule has 0 atom stereocenters. The summed E-state index contributed by atoms with van der Waals surface area (Å²) in [5.41, 5.74) is -0.0319. The molecule has 0 aliphatic rings. The highest BCUT2D eigenvalue weighted by molar-refractivity contribution is 5.42. The van der Waals surface area contributed by atoms with E-state index in [0.29, 0.717) is 12.2 Å². The van der Waals surface area contributed by atoms with Gasteiger partial charge in [-0.15, -0.1) is 0 Å². The number of rotatable bonds is 5. The first-order valence-corrected chi connectivity index (χ1v) is 6.25. The number of ether oxygens (including phenoxy) is 1. The summed E-state index contributed by atoms with van der Waals surface area (Å²) in [6.07, 6.45) is -4.38. The van der Waals surface area contributed by atoms with E-state index in [1.165, 1.54) is 24.3 Å². The first-order valence-electron chi connectivity index (χ1n) is 6.25. The Kier molecular flexibility index (Phi) is 4.67. The minimum Gasteiger partial charge on any atom is -0.492 e. The van der Waals surface area contributed by atoms with Crippen molar-refractivity contribution < 1.29 is 22.3 Å². The summed E-state index contributed by atoms with van der Waals surface area (Å²) in [5.74, 6) is -0.175. The molecule has 2 aromatic rings. The van der Waals surface area contributed by atoms with Crippen LogP contribution in [0.2, 0.25) is 0 Å². The van der Waals surface area contributed by atoms with Crippen LogP contribution in [0.4, 0.5) is 23.2 Å². The zero-order valence-electron chi connectivity index (χ0n) is 11.0. The molecule has 0 spiro atoms. The summed E-state index contributed by atoms with van der Waals surface area (Å²) in [4.78, 5) is 0. The molecule has 0 heterocycles. The molecule has 0 aliphatic heterocycles. The average molecular weight is 299 g/mol. The van der Waals surface area contributed by atoms with Crippen LogP contribution >= 0.6 is 0 Å². The van der Waals surface area contributed by atoms with Gasteiger partial charge in [0.2, 0.25) is 0 Å². The molecule has 0 saturated carbocycles. The van der Waals surface area contributed by atoms with Crippen LogP contribution in [0.3, 0.4) is 0 Å². The largest absolute Gasteiger partial charge is 0.492 e. The van der Waals surface area contributed by atoms with Crippen LogP contribution in [0.5, 0.6) is 5.75 Å². The van der Waals surface area contributed by atoms with Crippen LogP contribution in [0.15, 0.2) is 48.5 Å². The maximum atomic E-state index is 12.7. The molecule has 1 N–H and O–H groups in total. The predicted octanol–water partition coefficient (Wildman–Crippen LogP) is 4.34. The number of anilines is 1. The first-order chi connectivity index (χ1) is 9.95. The molecule has 0 radical (unpaired) electrons. The van der Waals surface area contributed by atoms with E-state index in [-0.39, 0.29) is 18.2 Å². The Hall–Kier alpha value is -2.24. The monoisotopic (exact) mass is 299 g/mol. The van der Waals surface area contributed by atoms with E-state index >= 15 is 0 Å². The number of alkyl halides is 3. The van der Waals surface area contributed by atoms with E-state index in [1.807, 2.05) is 0 Å². The van der Waals surface area contributed by atoms with Gasteiger partial charge in [-0.3, -0.25) is 0 Å². The van der Waals surface area contributed by atoms with Crippen molar-refractivity contribution in [2.45, 2.75) is 6.18 Å². The van der Waals surface area contributed by atoms with Crippen LogP contribution in [-0.4, -0.2) is 13.2 Å². The highest BCUT2D eigenvalue weighted by atomic mass is 19.4. The van der Waals surface area contributed by atoms with Gasteiger partial charge in [0.15, 0.2) is 0 Å². The lowest BCUT2D eigenvalue weighted by Gasteiger charge is -2.11. The highest BCUT2D eigenvalue weighted by Crippen LogP contribution is 2.31. The van der Waals surface area contributed by atoms with Crippen LogP contribution in [0, 0.1) is 5.82 Å². The summed E-state index contributed by atoms with van der Waals surface area (Å²) in [7, 11) is 0. The van der Waals surface area contributed by atoms with Gasteiger partial charge in [-0.05, 0) is 42.5 Å². The van der Waals surface area contributed by atoms with Crippen LogP contribution in [-0.2, 0) is 6.18 Å². The Morgan fingerprint density at radius 2 is 1.71 bits per heavy atom. The van der Waals surface area contributed by atoms with E-state index in [4.69, 9.17) is 4.74 Å². The Labute approximate surface area is 119 Å². The fourth-order valence-corrected chi connectivity index (χ4v) is 1.69. The topological polar surface area (TPSA) is 21.3 Å². The standard InChI is InChI=1S/C15H13F4NO/c16-12-4-6-13(7-5-12)20-8-9-21-14-3-1-2-11(10-14)15(17,18)19/h1-7,10,20H,8-9H2. The van der Waals surface area contributed by atoms with Gasteiger partial charge in [0.1, 0.15) is 18.2 Å². The average Bonchev–Trinajstić information content (AvgIpc) is 2.45. The molecular weight excluding hydrogens is 286 g/mol. The molecule has 0 aliphatic carbocycles. The molecule has 2 rings (SSSR count). The first kappa shape index (κ1) is 15.2. The van der Waals surface area contributed by atoms with E-state index in [9.17, 15) is 17.6 Å². The third-order valence-electron chi connectivity index (χ3n) is 2.71. The summed E-state index contributed by atoms with van der Waals surface area (Å²) in [6.45, 7) is 0.584. The van der Waals surface area contributed by atoms with Crippen molar-refractivity contribution in [3.05, 3.63) is 59.9 Å². The SMILES string of the molecule is Fc1ccc(NCCOc2cccc(C(F)(F)F)c2)cc1. The number of nitrogens with one attached hydrogen (secondary N) is 1. The fraction of sp³-hybridized carbons (Fsp3) is 0.200. The lowest BCUT2D eigenvalue weighted by molar-refractivity contribution is -0.137. The molecule has 112 valence electrons. The fourth-order valence-electron chi connectivity index (χ4n) is 1.69. The molecule has 6 heteroatoms. The maximum absolute atomic E-state index is 12.7. The van der Waals surface area contributed by atoms with Gasteiger partial charge in [-0.1, -0.05) is 6.07 Å². The Balaban J connectivity index is 1.82. The molecule has 0 amide bonds. The molecular formula is C15H13F4NO. The molecule has 21 heavy (non-hydrogen) atoms. The van der Waals surface area contributed by atoms with Gasteiger partial charge >= 0.3 is 6.18 Å². The second-order valence-corrected chi connectivity index (χ2v) is 4.31. The van der Waals surface area contributed by atoms with Crippen molar-refractivity contribution in [2.24, 2.45) is 0 Å². The third-order valence-corrected chi connectivity index (χ3v) is 2.71. The summed E-state index contributed by atoms with van der Waals surface area (Å²) in [5, 5.41) is 2.97. The van der Waals surface area contributed by atoms with Crippen molar-refractivity contribution in [3.63, 3.8) is 0 Å². The minimum absolute atomic E-state index is 0.158. The lowest BCUT2D eigenvalue weighted by Crippen LogP contribution is -2.12. The zero-order chi connectivity index (χ0) is 15.3. The quantitative estimate of drug-likeness (QED) is 0.655. The third kappa shape index (κ3) is 4.66. The number of hydrogen-bond donors (Lipinski definition) is 1. The van der Waals surface area contributed by atoms with Gasteiger partial charge in [-0.2, -0.15) is 13.2 Å². The van der Waals surface area contributed by atoms with Crippen molar-refractivity contribution >= 4 is 5.69 Å². The second kappa shape index (κ2) is 6.47. The van der Waals surface area contributed by atoms with E-state index in [2.05, 4.69) is 5.32 Å². The summed E-state index contributed by atoms with van der Waals surface area (Å²) >= 11 is 0. The summed E-state index contributed by atoms with van der Waals surface area (Å²) < 4.78 is 55.5. The normalized spacial score (nSPS) is 11.2. The second-order valence-electron chi connectivity index (χ2n) is 4.31. The number of benzene rings is 2.